The van der Waals surface area contributed by atoms with E-state index in [1.54, 1.807) is 9.08 Å². The highest BCUT2D eigenvalue weighted by Gasteiger charge is 2.18. The molecule has 0 unspecified atom stereocenters. The number of pyridine rings is 1. The second kappa shape index (κ2) is 6.71. The highest BCUT2D eigenvalue weighted by atomic mass is 16.1. The Kier molecular flexibility index (Phi) is 4.24. The van der Waals surface area contributed by atoms with Gasteiger partial charge in [-0.15, -0.1) is 10.2 Å². The largest absolute Gasteiger partial charge is 0.313 e. The lowest BCUT2D eigenvalue weighted by Crippen LogP contribution is -2.21. The van der Waals surface area contributed by atoms with Gasteiger partial charge in [0.25, 0.3) is 5.56 Å². The van der Waals surface area contributed by atoms with Crippen LogP contribution >= 0.6 is 0 Å². The Morgan fingerprint density at radius 2 is 1.85 bits per heavy atom. The molecule has 4 aromatic rings. The topological polar surface area (TPSA) is 65.1 Å². The van der Waals surface area contributed by atoms with Crippen molar-refractivity contribution in [3.8, 4) is 11.1 Å². The van der Waals surface area contributed by atoms with Gasteiger partial charge in [-0.2, -0.15) is 5.10 Å². The summed E-state index contributed by atoms with van der Waals surface area (Å²) in [7, 11) is 0. The summed E-state index contributed by atoms with van der Waals surface area (Å²) in [4.78, 5) is 12.7. The van der Waals surface area contributed by atoms with E-state index >= 15 is 0 Å². The second-order valence-electron chi connectivity index (χ2n) is 6.38. The average Bonchev–Trinajstić information content (AvgIpc) is 3.07. The molecule has 0 amide bonds. The van der Waals surface area contributed by atoms with Crippen molar-refractivity contribution in [1.82, 2.24) is 24.4 Å². The number of aryl methyl sites for hydroxylation is 2. The van der Waals surface area contributed by atoms with Crippen LogP contribution in [-0.4, -0.2) is 24.4 Å². The van der Waals surface area contributed by atoms with E-state index < -0.39 is 0 Å². The van der Waals surface area contributed by atoms with Crippen LogP contribution in [0.15, 0.2) is 47.4 Å². The molecule has 0 saturated heterocycles. The first-order valence-electron chi connectivity index (χ1n) is 9.07. The predicted octanol–water partition coefficient (Wildman–Crippen LogP) is 3.47. The molecule has 0 radical (unpaired) electrons. The maximum Gasteiger partial charge on any atom is 0.280 e. The van der Waals surface area contributed by atoms with Gasteiger partial charge >= 0.3 is 0 Å². The van der Waals surface area contributed by atoms with E-state index in [-0.39, 0.29) is 5.56 Å². The first-order valence-corrected chi connectivity index (χ1v) is 9.07. The Hall–Kier alpha value is -3.02. The van der Waals surface area contributed by atoms with E-state index in [0.717, 1.165) is 36.1 Å². The summed E-state index contributed by atoms with van der Waals surface area (Å²) >= 11 is 0. The molecule has 4 rings (SSSR count). The predicted molar refractivity (Wildman–Crippen MR) is 102 cm³/mol. The lowest BCUT2D eigenvalue weighted by molar-refractivity contribution is 0.615. The molecule has 0 aliphatic rings. The molecule has 0 fully saturated rings. The van der Waals surface area contributed by atoms with Gasteiger partial charge in [0.05, 0.1) is 11.3 Å². The highest BCUT2D eigenvalue weighted by Crippen LogP contribution is 2.28. The van der Waals surface area contributed by atoms with Gasteiger partial charge in [0.1, 0.15) is 5.52 Å². The van der Waals surface area contributed by atoms with E-state index in [9.17, 15) is 4.79 Å². The molecule has 3 heterocycles. The zero-order valence-electron chi connectivity index (χ0n) is 15.0. The standard InChI is InChI=1S/C20H21N5O/c1-3-5-12-24-13-11-16-18(20(24)26)21-22-19-17(14-9-7-6-8-10-14)15(4-2)23-25(16)19/h6-11,13H,3-5,12H2,1-2H3. The lowest BCUT2D eigenvalue weighted by atomic mass is 10.0. The van der Waals surface area contributed by atoms with Crippen LogP contribution < -0.4 is 5.56 Å². The van der Waals surface area contributed by atoms with Crippen LogP contribution in [0.5, 0.6) is 0 Å². The van der Waals surface area contributed by atoms with Crippen LogP contribution in [0.4, 0.5) is 0 Å². The van der Waals surface area contributed by atoms with Crippen LogP contribution in [0.1, 0.15) is 32.4 Å². The molecule has 1 aromatic carbocycles. The summed E-state index contributed by atoms with van der Waals surface area (Å²) in [6.45, 7) is 4.87. The summed E-state index contributed by atoms with van der Waals surface area (Å²) < 4.78 is 3.46. The molecule has 3 aromatic heterocycles. The smallest absolute Gasteiger partial charge is 0.280 e. The van der Waals surface area contributed by atoms with E-state index in [0.29, 0.717) is 23.2 Å². The number of unbranched alkanes of at least 4 members (excludes halogenated alkanes) is 1. The van der Waals surface area contributed by atoms with Crippen LogP contribution in [-0.2, 0) is 13.0 Å². The molecule has 0 bridgehead atoms. The zero-order chi connectivity index (χ0) is 18.1. The van der Waals surface area contributed by atoms with E-state index in [1.165, 1.54) is 0 Å². The average molecular weight is 347 g/mol. The maximum atomic E-state index is 12.7. The fourth-order valence-electron chi connectivity index (χ4n) is 3.28. The van der Waals surface area contributed by atoms with Gasteiger partial charge in [-0.05, 0) is 24.5 Å². The van der Waals surface area contributed by atoms with Crippen molar-refractivity contribution in [3.05, 3.63) is 58.6 Å². The maximum absolute atomic E-state index is 12.7. The van der Waals surface area contributed by atoms with Crippen molar-refractivity contribution in [2.45, 2.75) is 39.7 Å². The van der Waals surface area contributed by atoms with Crippen LogP contribution in [0.2, 0.25) is 0 Å². The summed E-state index contributed by atoms with van der Waals surface area (Å²) in [6.07, 6.45) is 4.61. The van der Waals surface area contributed by atoms with Gasteiger partial charge in [-0.25, -0.2) is 4.52 Å². The number of aromatic nitrogens is 5. The molecule has 0 saturated carbocycles. The minimum Gasteiger partial charge on any atom is -0.313 e. The van der Waals surface area contributed by atoms with Crippen LogP contribution in [0.25, 0.3) is 27.8 Å². The third-order valence-electron chi connectivity index (χ3n) is 4.67. The summed E-state index contributed by atoms with van der Waals surface area (Å²) in [6, 6.07) is 12.0. The minimum atomic E-state index is -0.111. The first kappa shape index (κ1) is 16.4. The van der Waals surface area contributed by atoms with Crippen molar-refractivity contribution in [3.63, 3.8) is 0 Å². The fourth-order valence-corrected chi connectivity index (χ4v) is 3.28. The number of rotatable bonds is 5. The van der Waals surface area contributed by atoms with E-state index in [2.05, 4.69) is 24.0 Å². The molecule has 132 valence electrons. The van der Waals surface area contributed by atoms with Gasteiger partial charge in [-0.1, -0.05) is 50.6 Å². The Morgan fingerprint density at radius 3 is 2.58 bits per heavy atom. The fraction of sp³-hybridized carbons (Fsp3) is 0.300. The van der Waals surface area contributed by atoms with Gasteiger partial charge in [-0.3, -0.25) is 4.79 Å². The number of fused-ring (bicyclic) bond motifs is 3. The molecule has 0 aliphatic heterocycles. The van der Waals surface area contributed by atoms with Crippen LogP contribution in [0.3, 0.4) is 0 Å². The van der Waals surface area contributed by atoms with E-state index in [1.807, 2.05) is 42.6 Å². The molecule has 0 N–H and O–H groups in total. The Balaban J connectivity index is 1.98. The number of hydrogen-bond acceptors (Lipinski definition) is 4. The minimum absolute atomic E-state index is 0.111. The molecule has 6 nitrogen and oxygen atoms in total. The first-order chi connectivity index (χ1) is 12.7. The van der Waals surface area contributed by atoms with E-state index in [4.69, 9.17) is 5.10 Å². The summed E-state index contributed by atoms with van der Waals surface area (Å²) in [5.41, 5.74) is 4.63. The molecular formula is C20H21N5O. The molecular weight excluding hydrogens is 326 g/mol. The third-order valence-corrected chi connectivity index (χ3v) is 4.67. The third kappa shape index (κ3) is 2.58. The molecule has 0 spiro atoms. The molecule has 6 heteroatoms. The quantitative estimate of drug-likeness (QED) is 0.554. The molecule has 26 heavy (non-hydrogen) atoms. The Morgan fingerprint density at radius 1 is 1.04 bits per heavy atom. The Labute approximate surface area is 151 Å². The van der Waals surface area contributed by atoms with Gasteiger partial charge in [0.15, 0.2) is 11.2 Å². The number of hydrogen-bond donors (Lipinski definition) is 0. The van der Waals surface area contributed by atoms with Crippen LogP contribution in [0, 0.1) is 0 Å². The van der Waals surface area contributed by atoms with Crippen molar-refractivity contribution in [2.75, 3.05) is 0 Å². The summed E-state index contributed by atoms with van der Waals surface area (Å²) in [5, 5.41) is 13.4. The van der Waals surface area contributed by atoms with Crippen molar-refractivity contribution in [1.29, 1.82) is 0 Å². The second-order valence-corrected chi connectivity index (χ2v) is 6.38. The van der Waals surface area contributed by atoms with Crippen molar-refractivity contribution < 1.29 is 0 Å². The monoisotopic (exact) mass is 347 g/mol. The summed E-state index contributed by atoms with van der Waals surface area (Å²) in [5.74, 6) is 0. The van der Waals surface area contributed by atoms with Crippen molar-refractivity contribution >= 4 is 16.7 Å². The van der Waals surface area contributed by atoms with Gasteiger partial charge < -0.3 is 4.57 Å². The van der Waals surface area contributed by atoms with Gasteiger partial charge in [0.2, 0.25) is 0 Å². The van der Waals surface area contributed by atoms with Crippen molar-refractivity contribution in [2.24, 2.45) is 0 Å². The Bertz CT molecular complexity index is 1130. The highest BCUT2D eigenvalue weighted by molar-refractivity contribution is 5.84. The SMILES string of the molecule is CCCCn1ccc2c(nnc3c(-c4ccccc4)c(CC)nn32)c1=O. The zero-order valence-corrected chi connectivity index (χ0v) is 15.0. The lowest BCUT2D eigenvalue weighted by Gasteiger charge is -2.06. The molecule has 0 aliphatic carbocycles. The normalized spacial score (nSPS) is 11.5. The number of nitrogens with zero attached hydrogens (tertiary/aromatic N) is 5. The molecule has 0 atom stereocenters. The number of benzene rings is 1. The van der Waals surface area contributed by atoms with Gasteiger partial charge in [0, 0.05) is 12.7 Å².